The number of piperidine rings is 1. The van der Waals surface area contributed by atoms with Crippen molar-refractivity contribution in [1.29, 1.82) is 0 Å². The number of aryl methyl sites for hydroxylation is 1. The summed E-state index contributed by atoms with van der Waals surface area (Å²) < 4.78 is 0. The lowest BCUT2D eigenvalue weighted by molar-refractivity contribution is 0.577. The van der Waals surface area contributed by atoms with Gasteiger partial charge in [0.2, 0.25) is 0 Å². The maximum Gasteiger partial charge on any atom is 0.139 e. The average Bonchev–Trinajstić information content (AvgIpc) is 2.62. The van der Waals surface area contributed by atoms with Crippen molar-refractivity contribution in [1.82, 2.24) is 9.97 Å². The number of rotatable bonds is 2. The molecule has 1 fully saturated rings. The van der Waals surface area contributed by atoms with E-state index in [2.05, 4.69) is 40.0 Å². The highest BCUT2D eigenvalue weighted by atomic mass is 35.5. The fourth-order valence-corrected chi connectivity index (χ4v) is 3.74. The molecule has 0 saturated carbocycles. The highest BCUT2D eigenvalue weighted by Crippen LogP contribution is 2.30. The summed E-state index contributed by atoms with van der Waals surface area (Å²) in [4.78, 5) is 11.5. The van der Waals surface area contributed by atoms with E-state index in [9.17, 15) is 0 Å². The van der Waals surface area contributed by atoms with Crippen LogP contribution in [0.2, 0.25) is 5.15 Å². The smallest absolute Gasteiger partial charge is 0.139 e. The Morgan fingerprint density at radius 1 is 1.04 bits per heavy atom. The summed E-state index contributed by atoms with van der Waals surface area (Å²) in [5.41, 5.74) is 5.46. The topological polar surface area (TPSA) is 29.0 Å². The van der Waals surface area contributed by atoms with Crippen molar-refractivity contribution in [2.24, 2.45) is 0 Å². The van der Waals surface area contributed by atoms with Crippen LogP contribution in [0, 0.1) is 6.92 Å². The van der Waals surface area contributed by atoms with Crippen LogP contribution in [-0.4, -0.2) is 23.1 Å². The first-order valence-corrected chi connectivity index (χ1v) is 8.87. The zero-order valence-electron chi connectivity index (χ0n) is 13.8. The summed E-state index contributed by atoms with van der Waals surface area (Å²) in [6.45, 7) is 4.49. The van der Waals surface area contributed by atoms with Crippen molar-refractivity contribution in [3.05, 3.63) is 53.3 Å². The molecular formula is C20H20ClN3. The second kappa shape index (κ2) is 6.40. The van der Waals surface area contributed by atoms with Crippen molar-refractivity contribution < 1.29 is 0 Å². The summed E-state index contributed by atoms with van der Waals surface area (Å²) in [7, 11) is 0. The van der Waals surface area contributed by atoms with Gasteiger partial charge in [0.25, 0.3) is 0 Å². The second-order valence-corrected chi connectivity index (χ2v) is 6.78. The third-order valence-electron chi connectivity index (χ3n) is 4.74. The van der Waals surface area contributed by atoms with Gasteiger partial charge >= 0.3 is 0 Å². The quantitative estimate of drug-likeness (QED) is 0.598. The zero-order valence-corrected chi connectivity index (χ0v) is 14.6. The monoisotopic (exact) mass is 337 g/mol. The minimum Gasteiger partial charge on any atom is -0.371 e. The fraction of sp³-hybridized carbons (Fsp3) is 0.300. The Bertz CT molecular complexity index is 885. The molecule has 0 atom stereocenters. The molecule has 24 heavy (non-hydrogen) atoms. The molecular weight excluding hydrogens is 318 g/mol. The summed E-state index contributed by atoms with van der Waals surface area (Å²) in [6.07, 6.45) is 5.71. The van der Waals surface area contributed by atoms with Crippen LogP contribution in [-0.2, 0) is 0 Å². The minimum atomic E-state index is 0.508. The number of halogens is 1. The Morgan fingerprint density at radius 2 is 1.88 bits per heavy atom. The fourth-order valence-electron chi connectivity index (χ4n) is 3.49. The van der Waals surface area contributed by atoms with Gasteiger partial charge in [-0.15, -0.1) is 0 Å². The van der Waals surface area contributed by atoms with Gasteiger partial charge in [0.05, 0.1) is 11.2 Å². The molecule has 0 unspecified atom stereocenters. The molecule has 1 aromatic carbocycles. The van der Waals surface area contributed by atoms with Crippen molar-refractivity contribution in [3.8, 4) is 11.3 Å². The lowest BCUT2D eigenvalue weighted by Crippen LogP contribution is -2.29. The van der Waals surface area contributed by atoms with Crippen LogP contribution in [0.1, 0.15) is 24.8 Å². The van der Waals surface area contributed by atoms with Crippen molar-refractivity contribution in [2.45, 2.75) is 26.2 Å². The average molecular weight is 338 g/mol. The van der Waals surface area contributed by atoms with E-state index in [0.29, 0.717) is 5.15 Å². The van der Waals surface area contributed by atoms with Gasteiger partial charge in [-0.2, -0.15) is 0 Å². The Balaban J connectivity index is 1.73. The zero-order chi connectivity index (χ0) is 16.5. The molecule has 1 aliphatic heterocycles. The Kier molecular flexibility index (Phi) is 4.11. The first-order chi connectivity index (χ1) is 11.7. The van der Waals surface area contributed by atoms with Gasteiger partial charge in [0.1, 0.15) is 5.15 Å². The third kappa shape index (κ3) is 2.84. The molecule has 0 radical (unpaired) electrons. The summed E-state index contributed by atoms with van der Waals surface area (Å²) in [5.74, 6) is 0. The highest BCUT2D eigenvalue weighted by molar-refractivity contribution is 6.34. The van der Waals surface area contributed by atoms with Crippen molar-refractivity contribution in [3.63, 3.8) is 0 Å². The highest BCUT2D eigenvalue weighted by Gasteiger charge is 2.14. The van der Waals surface area contributed by atoms with E-state index in [4.69, 9.17) is 11.6 Å². The summed E-state index contributed by atoms with van der Waals surface area (Å²) in [5, 5.41) is 1.40. The molecule has 3 aromatic rings. The van der Waals surface area contributed by atoms with E-state index in [-0.39, 0.29) is 0 Å². The van der Waals surface area contributed by atoms with Gasteiger partial charge in [0.15, 0.2) is 0 Å². The maximum absolute atomic E-state index is 6.35. The van der Waals surface area contributed by atoms with Crippen LogP contribution in [0.3, 0.4) is 0 Å². The molecule has 1 aliphatic rings. The van der Waals surface area contributed by atoms with Gasteiger partial charge in [-0.1, -0.05) is 17.7 Å². The van der Waals surface area contributed by atoms with Gasteiger partial charge in [-0.25, -0.2) is 4.98 Å². The normalized spacial score (nSPS) is 15.0. The third-order valence-corrected chi connectivity index (χ3v) is 5.03. The first-order valence-electron chi connectivity index (χ1n) is 8.49. The number of hydrogen-bond donors (Lipinski definition) is 0. The number of fused-ring (bicyclic) bond motifs is 1. The van der Waals surface area contributed by atoms with Crippen LogP contribution in [0.25, 0.3) is 22.2 Å². The lowest BCUT2D eigenvalue weighted by Gasteiger charge is -2.30. The summed E-state index contributed by atoms with van der Waals surface area (Å²) >= 11 is 6.35. The van der Waals surface area contributed by atoms with Crippen LogP contribution in [0.5, 0.6) is 0 Å². The summed E-state index contributed by atoms with van der Waals surface area (Å²) in [6, 6.07) is 12.4. The molecule has 3 heterocycles. The number of hydrogen-bond acceptors (Lipinski definition) is 3. The van der Waals surface area contributed by atoms with E-state index in [1.165, 1.54) is 30.5 Å². The molecule has 2 aromatic heterocycles. The number of benzene rings is 1. The molecule has 3 nitrogen and oxygen atoms in total. The van der Waals surface area contributed by atoms with Crippen molar-refractivity contribution >= 4 is 28.2 Å². The largest absolute Gasteiger partial charge is 0.371 e. The van der Waals surface area contributed by atoms with Gasteiger partial charge in [-0.3, -0.25) is 4.98 Å². The van der Waals surface area contributed by atoms with Crippen LogP contribution >= 0.6 is 11.6 Å². The first kappa shape index (κ1) is 15.4. The second-order valence-electron chi connectivity index (χ2n) is 6.42. The van der Waals surface area contributed by atoms with E-state index < -0.39 is 0 Å². The predicted octanol–water partition coefficient (Wildman–Crippen LogP) is 5.25. The van der Waals surface area contributed by atoms with E-state index >= 15 is 0 Å². The molecule has 0 N–H and O–H groups in total. The van der Waals surface area contributed by atoms with E-state index in [1.54, 1.807) is 6.20 Å². The molecule has 1 saturated heterocycles. The molecule has 0 aliphatic carbocycles. The van der Waals surface area contributed by atoms with Crippen LogP contribution in [0.15, 0.2) is 42.6 Å². The van der Waals surface area contributed by atoms with Gasteiger partial charge in [0, 0.05) is 35.9 Å². The van der Waals surface area contributed by atoms with E-state index in [0.717, 1.165) is 35.2 Å². The Hall–Kier alpha value is -2.13. The molecule has 4 heteroatoms. The van der Waals surface area contributed by atoms with Crippen LogP contribution in [0.4, 0.5) is 5.69 Å². The van der Waals surface area contributed by atoms with Gasteiger partial charge in [-0.05, 0) is 62.1 Å². The molecule has 0 spiro atoms. The standard InChI is InChI=1S/C20H20ClN3/c1-14-12-15(7-8-19(14)24-10-3-2-4-11-24)17-13-18-16(20(21)23-17)6-5-9-22-18/h5-9,12-13H,2-4,10-11H2,1H3. The molecule has 4 rings (SSSR count). The lowest BCUT2D eigenvalue weighted by atomic mass is 10.0. The van der Waals surface area contributed by atoms with E-state index in [1.807, 2.05) is 18.2 Å². The molecule has 0 amide bonds. The minimum absolute atomic E-state index is 0.508. The van der Waals surface area contributed by atoms with Crippen molar-refractivity contribution in [2.75, 3.05) is 18.0 Å². The Morgan fingerprint density at radius 3 is 2.67 bits per heavy atom. The number of pyridine rings is 2. The number of aromatic nitrogens is 2. The Labute approximate surface area is 147 Å². The van der Waals surface area contributed by atoms with Gasteiger partial charge < -0.3 is 4.90 Å². The molecule has 122 valence electrons. The van der Waals surface area contributed by atoms with Crippen LogP contribution < -0.4 is 4.90 Å². The number of nitrogens with zero attached hydrogens (tertiary/aromatic N) is 3. The predicted molar refractivity (Wildman–Crippen MR) is 101 cm³/mol. The number of anilines is 1. The maximum atomic E-state index is 6.35. The SMILES string of the molecule is Cc1cc(-c2cc3ncccc3c(Cl)n2)ccc1N1CCCCC1. The molecule has 0 bridgehead atoms.